The van der Waals surface area contributed by atoms with Crippen LogP contribution >= 0.6 is 0 Å². The molecule has 0 amide bonds. The van der Waals surface area contributed by atoms with Gasteiger partial charge in [0.15, 0.2) is 0 Å². The number of hydrogen-bond donors (Lipinski definition) is 0. The van der Waals surface area contributed by atoms with Gasteiger partial charge in [-0.3, -0.25) is 0 Å². The molecule has 1 aliphatic rings. The van der Waals surface area contributed by atoms with Gasteiger partial charge >= 0.3 is 118 Å². The zero-order chi connectivity index (χ0) is 14.8. The van der Waals surface area contributed by atoms with Crippen molar-refractivity contribution in [3.63, 3.8) is 0 Å². The Labute approximate surface area is 118 Å². The van der Waals surface area contributed by atoms with Gasteiger partial charge in [0.05, 0.1) is 0 Å². The summed E-state index contributed by atoms with van der Waals surface area (Å²) in [5.41, 5.74) is -5.32. The van der Waals surface area contributed by atoms with Crippen molar-refractivity contribution in [2.75, 3.05) is 0 Å². The molecule has 1 aliphatic carbocycles. The molecule has 0 N–H and O–H groups in total. The SMILES string of the molecule is CC(C)[C@@H]1CC[C@@H](C)C[C@@H]1[Se]OS(=O)(=O)C(F)(F)F. The van der Waals surface area contributed by atoms with Gasteiger partial charge in [-0.15, -0.1) is 0 Å². The summed E-state index contributed by atoms with van der Waals surface area (Å²) in [5.74, 6) is 0.996. The number of halogens is 3. The summed E-state index contributed by atoms with van der Waals surface area (Å²) in [5, 5.41) is 0. The quantitative estimate of drug-likeness (QED) is 0.565. The van der Waals surface area contributed by atoms with Crippen molar-refractivity contribution >= 4 is 25.4 Å². The van der Waals surface area contributed by atoms with Crippen LogP contribution in [0, 0.1) is 17.8 Å². The Morgan fingerprint density at radius 2 is 1.84 bits per heavy atom. The van der Waals surface area contributed by atoms with E-state index in [1.165, 1.54) is 0 Å². The molecule has 8 heteroatoms. The van der Waals surface area contributed by atoms with Gasteiger partial charge in [0.25, 0.3) is 0 Å². The molecular weight excluding hydrogens is 348 g/mol. The van der Waals surface area contributed by atoms with Gasteiger partial charge < -0.3 is 0 Å². The topological polar surface area (TPSA) is 43.4 Å². The summed E-state index contributed by atoms with van der Waals surface area (Å²) in [6.07, 6.45) is 2.72. The zero-order valence-corrected chi connectivity index (χ0v) is 13.6. The molecule has 1 saturated carbocycles. The molecule has 0 radical (unpaired) electrons. The maximum absolute atomic E-state index is 12.2. The summed E-state index contributed by atoms with van der Waals surface area (Å²) in [6.45, 7) is 6.07. The third-order valence-corrected chi connectivity index (χ3v) is 7.60. The summed E-state index contributed by atoms with van der Waals surface area (Å²) in [7, 11) is -5.44. The van der Waals surface area contributed by atoms with E-state index in [2.05, 4.69) is 3.27 Å². The Bertz CT molecular complexity index is 394. The summed E-state index contributed by atoms with van der Waals surface area (Å²) in [4.78, 5) is -0.0617. The molecular formula is C11H19F3O3SSe. The van der Waals surface area contributed by atoms with E-state index < -0.39 is 30.9 Å². The number of hydrogen-bond acceptors (Lipinski definition) is 3. The minimum absolute atomic E-state index is 0.0617. The van der Waals surface area contributed by atoms with Crippen LogP contribution in [0.15, 0.2) is 0 Å². The van der Waals surface area contributed by atoms with Crippen molar-refractivity contribution in [3.8, 4) is 0 Å². The van der Waals surface area contributed by atoms with Crippen LogP contribution in [0.2, 0.25) is 4.82 Å². The monoisotopic (exact) mass is 368 g/mol. The first-order chi connectivity index (χ1) is 8.54. The fraction of sp³-hybridized carbons (Fsp3) is 1.00. The van der Waals surface area contributed by atoms with E-state index in [0.29, 0.717) is 11.8 Å². The van der Waals surface area contributed by atoms with Crippen LogP contribution in [0.3, 0.4) is 0 Å². The Balaban J connectivity index is 2.68. The van der Waals surface area contributed by atoms with Crippen molar-refractivity contribution in [3.05, 3.63) is 0 Å². The van der Waals surface area contributed by atoms with Gasteiger partial charge in [-0.25, -0.2) is 0 Å². The number of alkyl halides is 3. The van der Waals surface area contributed by atoms with Crippen molar-refractivity contribution in [1.82, 2.24) is 0 Å². The Morgan fingerprint density at radius 3 is 2.32 bits per heavy atom. The van der Waals surface area contributed by atoms with Crippen LogP contribution in [0.5, 0.6) is 0 Å². The first-order valence-corrected chi connectivity index (χ1v) is 9.30. The molecule has 114 valence electrons. The van der Waals surface area contributed by atoms with E-state index in [1.54, 1.807) is 0 Å². The van der Waals surface area contributed by atoms with Crippen LogP contribution < -0.4 is 0 Å². The molecule has 0 saturated heterocycles. The van der Waals surface area contributed by atoms with Crippen LogP contribution in [0.4, 0.5) is 13.2 Å². The average molecular weight is 367 g/mol. The molecule has 0 aromatic rings. The molecule has 1 rings (SSSR count). The van der Waals surface area contributed by atoms with Gasteiger partial charge in [0, 0.05) is 0 Å². The van der Waals surface area contributed by atoms with Crippen LogP contribution in [-0.4, -0.2) is 29.2 Å². The summed E-state index contributed by atoms with van der Waals surface area (Å²) in [6, 6.07) is 0. The molecule has 0 spiro atoms. The van der Waals surface area contributed by atoms with Crippen molar-refractivity contribution < 1.29 is 24.9 Å². The van der Waals surface area contributed by atoms with E-state index in [4.69, 9.17) is 0 Å². The number of rotatable bonds is 4. The normalized spacial score (nSPS) is 29.7. The first-order valence-electron chi connectivity index (χ1n) is 6.21. The van der Waals surface area contributed by atoms with E-state index in [1.807, 2.05) is 20.8 Å². The minimum atomic E-state index is -5.44. The van der Waals surface area contributed by atoms with E-state index in [-0.39, 0.29) is 10.7 Å². The standard InChI is InChI=1S/C11H19F3O3SSe/c1-7(2)9-5-4-8(3)6-10(9)19-17-18(15,16)11(12,13)14/h7-10H,4-6H2,1-3H3/t8-,9+,10+/m1/s1. The van der Waals surface area contributed by atoms with Gasteiger partial charge in [-0.05, 0) is 0 Å². The second-order valence-electron chi connectivity index (χ2n) is 5.43. The molecule has 1 fully saturated rings. The van der Waals surface area contributed by atoms with Gasteiger partial charge in [-0.2, -0.15) is 0 Å². The van der Waals surface area contributed by atoms with Crippen LogP contribution in [0.25, 0.3) is 0 Å². The first kappa shape index (κ1) is 17.3. The maximum atomic E-state index is 12.2. The molecule has 0 aromatic heterocycles. The second kappa shape index (κ2) is 6.33. The van der Waals surface area contributed by atoms with E-state index in [0.717, 1.165) is 19.3 Å². The Hall–Kier alpha value is 0.219. The van der Waals surface area contributed by atoms with Gasteiger partial charge in [0.1, 0.15) is 0 Å². The second-order valence-corrected chi connectivity index (χ2v) is 9.47. The zero-order valence-electron chi connectivity index (χ0n) is 11.1. The molecule has 3 nitrogen and oxygen atoms in total. The van der Waals surface area contributed by atoms with Crippen molar-refractivity contribution in [2.24, 2.45) is 17.8 Å². The molecule has 19 heavy (non-hydrogen) atoms. The molecule has 0 unspecified atom stereocenters. The molecule has 0 aromatic carbocycles. The third kappa shape index (κ3) is 4.62. The molecule has 0 bridgehead atoms. The Kier molecular flexibility index (Phi) is 5.75. The fourth-order valence-electron chi connectivity index (χ4n) is 2.37. The third-order valence-electron chi connectivity index (χ3n) is 3.50. The van der Waals surface area contributed by atoms with Gasteiger partial charge in [-0.1, -0.05) is 0 Å². The predicted molar refractivity (Wildman–Crippen MR) is 66.9 cm³/mol. The molecule has 0 aliphatic heterocycles. The fourth-order valence-corrected chi connectivity index (χ4v) is 6.52. The average Bonchev–Trinajstić information content (AvgIpc) is 2.24. The van der Waals surface area contributed by atoms with E-state index >= 15 is 0 Å². The van der Waals surface area contributed by atoms with Crippen molar-refractivity contribution in [2.45, 2.75) is 50.4 Å². The van der Waals surface area contributed by atoms with Gasteiger partial charge in [0.2, 0.25) is 0 Å². The van der Waals surface area contributed by atoms with E-state index in [9.17, 15) is 21.6 Å². The predicted octanol–water partition coefficient (Wildman–Crippen LogP) is 3.35. The van der Waals surface area contributed by atoms with Crippen LogP contribution in [-0.2, 0) is 13.4 Å². The molecule has 3 atom stereocenters. The van der Waals surface area contributed by atoms with Crippen LogP contribution in [0.1, 0.15) is 40.0 Å². The summed E-state index contributed by atoms with van der Waals surface area (Å²) < 4.78 is 62.8. The summed E-state index contributed by atoms with van der Waals surface area (Å²) >= 11 is -0.988. The van der Waals surface area contributed by atoms with Crippen molar-refractivity contribution in [1.29, 1.82) is 0 Å². The Morgan fingerprint density at radius 1 is 1.26 bits per heavy atom. The molecule has 0 heterocycles.